The molecule has 1 heterocycles. The zero-order valence-corrected chi connectivity index (χ0v) is 19.4. The van der Waals surface area contributed by atoms with Crippen LogP contribution in [0.1, 0.15) is 28.7 Å². The topological polar surface area (TPSA) is 75.7 Å². The van der Waals surface area contributed by atoms with E-state index in [0.717, 1.165) is 24.0 Å². The fourth-order valence-corrected chi connectivity index (χ4v) is 5.15. The fraction of sp³-hybridized carbons (Fsp3) is 0.269. The summed E-state index contributed by atoms with van der Waals surface area (Å²) < 4.78 is 26.7. The molecule has 174 valence electrons. The van der Waals surface area contributed by atoms with Crippen molar-refractivity contribution < 1.29 is 18.0 Å². The number of hydrogen-bond donors (Lipinski definition) is 1. The third kappa shape index (κ3) is 8.13. The lowest BCUT2D eigenvalue weighted by atomic mass is 10.0. The van der Waals surface area contributed by atoms with Crippen molar-refractivity contribution in [3.8, 4) is 0 Å². The third-order valence-electron chi connectivity index (χ3n) is 5.41. The van der Waals surface area contributed by atoms with Crippen molar-refractivity contribution in [2.75, 3.05) is 12.3 Å². The number of aryl methyl sites for hydroxylation is 1. The maximum atomic E-state index is 12.5. The minimum Gasteiger partial charge on any atom is -0.277 e. The molecule has 0 radical (unpaired) electrons. The summed E-state index contributed by atoms with van der Waals surface area (Å²) in [7, 11) is -3.16. The summed E-state index contributed by atoms with van der Waals surface area (Å²) in [4.78, 5) is 14.5. The Morgan fingerprint density at radius 1 is 0.848 bits per heavy atom. The second-order valence-electron chi connectivity index (χ2n) is 7.77. The van der Waals surface area contributed by atoms with Crippen molar-refractivity contribution in [3.05, 3.63) is 107 Å². The fourth-order valence-electron chi connectivity index (χ4n) is 3.67. The van der Waals surface area contributed by atoms with Gasteiger partial charge in [-0.05, 0) is 41.5 Å². The number of hydroxylamine groups is 1. The van der Waals surface area contributed by atoms with Gasteiger partial charge in [0.05, 0.1) is 12.4 Å². The van der Waals surface area contributed by atoms with Gasteiger partial charge < -0.3 is 0 Å². The summed E-state index contributed by atoms with van der Waals surface area (Å²) in [5.41, 5.74) is 6.76. The van der Waals surface area contributed by atoms with Crippen molar-refractivity contribution >= 4 is 16.4 Å². The van der Waals surface area contributed by atoms with E-state index in [-0.39, 0.29) is 5.75 Å². The summed E-state index contributed by atoms with van der Waals surface area (Å²) >= 11 is 0. The van der Waals surface area contributed by atoms with Crippen molar-refractivity contribution in [1.29, 1.82) is 0 Å². The number of fused-ring (bicyclic) bond motifs is 1. The van der Waals surface area contributed by atoms with E-state index in [4.69, 9.17) is 4.84 Å². The van der Waals surface area contributed by atoms with Crippen LogP contribution in [0.3, 0.4) is 0 Å². The van der Waals surface area contributed by atoms with Crippen LogP contribution in [0, 0.1) is 0 Å². The van der Waals surface area contributed by atoms with Gasteiger partial charge in [0.15, 0.2) is 0 Å². The number of carbonyl (C=O) groups excluding carboxylic acids is 1. The van der Waals surface area contributed by atoms with E-state index in [1.807, 2.05) is 78.9 Å². The van der Waals surface area contributed by atoms with E-state index in [2.05, 4.69) is 11.5 Å². The van der Waals surface area contributed by atoms with Gasteiger partial charge >= 0.3 is 0 Å². The molecule has 3 aromatic rings. The van der Waals surface area contributed by atoms with E-state index >= 15 is 0 Å². The Labute approximate surface area is 196 Å². The molecule has 0 unspecified atom stereocenters. The van der Waals surface area contributed by atoms with Gasteiger partial charge in [-0.25, -0.2) is 13.9 Å². The highest BCUT2D eigenvalue weighted by atomic mass is 32.2. The molecule has 1 aliphatic rings. The van der Waals surface area contributed by atoms with Gasteiger partial charge in [0.2, 0.25) is 16.4 Å². The number of carbonyl (C=O) groups is 1. The van der Waals surface area contributed by atoms with Crippen LogP contribution in [-0.4, -0.2) is 31.4 Å². The van der Waals surface area contributed by atoms with Gasteiger partial charge in [-0.15, -0.1) is 0 Å². The second-order valence-corrected chi connectivity index (χ2v) is 9.86. The maximum absolute atomic E-state index is 12.5. The first-order valence-corrected chi connectivity index (χ1v) is 12.6. The highest BCUT2D eigenvalue weighted by Gasteiger charge is 2.25. The number of benzene rings is 3. The van der Waals surface area contributed by atoms with Gasteiger partial charge in [0.25, 0.3) is 0 Å². The molecular formula is C26H30N2O4S. The molecule has 0 saturated heterocycles. The van der Waals surface area contributed by atoms with Crippen LogP contribution in [0.4, 0.5) is 0 Å². The summed E-state index contributed by atoms with van der Waals surface area (Å²) in [6.45, 7) is 1.52. The summed E-state index contributed by atoms with van der Waals surface area (Å²) in [6.07, 6.45) is 2.80. The first-order chi connectivity index (χ1) is 16.1. The number of nitrogens with one attached hydrogen (secondary N) is 1. The van der Waals surface area contributed by atoms with Crippen molar-refractivity contribution in [3.63, 3.8) is 0 Å². The zero-order valence-electron chi connectivity index (χ0n) is 18.6. The Morgan fingerprint density at radius 2 is 1.45 bits per heavy atom. The molecule has 1 aliphatic heterocycles. The normalized spacial score (nSPS) is 13.3. The van der Waals surface area contributed by atoms with Gasteiger partial charge in [-0.2, -0.15) is 4.31 Å². The predicted octanol–water partition coefficient (Wildman–Crippen LogP) is 3.87. The van der Waals surface area contributed by atoms with E-state index in [0.29, 0.717) is 32.5 Å². The molecule has 0 spiro atoms. The zero-order chi connectivity index (χ0) is 23.4. The monoisotopic (exact) mass is 466 g/mol. The summed E-state index contributed by atoms with van der Waals surface area (Å²) in [5.74, 6) is 0.226. The molecule has 6 nitrogen and oxygen atoms in total. The lowest BCUT2D eigenvalue weighted by Gasteiger charge is -2.28. The lowest BCUT2D eigenvalue weighted by molar-refractivity contribution is -0.121. The molecular weight excluding hydrogens is 436 g/mol. The number of hydrogen-bond acceptors (Lipinski definition) is 4. The Hall–Kier alpha value is -3.00. The molecule has 33 heavy (non-hydrogen) atoms. The molecule has 1 N–H and O–H groups in total. The average Bonchev–Trinajstić information content (AvgIpc) is 2.85. The first kappa shape index (κ1) is 24.6. The SMILES string of the molecule is O=CNOCc1ccccc1.O=S(=O)(CCCc1ccccc1)N1CCc2ccccc2C1. The molecule has 0 aliphatic carbocycles. The Bertz CT molecular complexity index is 1090. The molecule has 7 heteroatoms. The minimum absolute atomic E-state index is 0.226. The predicted molar refractivity (Wildman–Crippen MR) is 130 cm³/mol. The minimum atomic E-state index is -3.16. The van der Waals surface area contributed by atoms with Crippen molar-refractivity contribution in [2.45, 2.75) is 32.4 Å². The van der Waals surface area contributed by atoms with Crippen LogP contribution in [0.15, 0.2) is 84.9 Å². The molecule has 1 amide bonds. The molecule has 0 atom stereocenters. The molecule has 0 aromatic heterocycles. The summed E-state index contributed by atoms with van der Waals surface area (Å²) in [5, 5.41) is 0. The van der Waals surface area contributed by atoms with Crippen LogP contribution in [0.25, 0.3) is 0 Å². The largest absolute Gasteiger partial charge is 0.277 e. The molecule has 0 fully saturated rings. The average molecular weight is 467 g/mol. The second kappa shape index (κ2) is 12.9. The van der Waals surface area contributed by atoms with E-state index < -0.39 is 10.0 Å². The number of nitrogens with zero attached hydrogens (tertiary/aromatic N) is 1. The van der Waals surface area contributed by atoms with Crippen LogP contribution >= 0.6 is 0 Å². The standard InChI is InChI=1S/C18H21NO2S.C8H9NO2/c20-22(21,14-6-9-16-7-2-1-3-8-16)19-13-12-17-10-4-5-11-18(17)15-19;10-7-9-11-6-8-4-2-1-3-5-8/h1-5,7-8,10-11H,6,9,12-15H2;1-5,7H,6H2,(H,9,10). The lowest BCUT2D eigenvalue weighted by Crippen LogP contribution is -2.37. The maximum Gasteiger partial charge on any atom is 0.230 e. The van der Waals surface area contributed by atoms with Gasteiger partial charge in [-0.3, -0.25) is 9.63 Å². The number of amides is 1. The third-order valence-corrected chi connectivity index (χ3v) is 7.32. The van der Waals surface area contributed by atoms with Crippen LogP contribution in [0.2, 0.25) is 0 Å². The van der Waals surface area contributed by atoms with E-state index in [1.165, 1.54) is 11.1 Å². The number of rotatable bonds is 9. The highest BCUT2D eigenvalue weighted by molar-refractivity contribution is 7.89. The van der Waals surface area contributed by atoms with Crippen LogP contribution < -0.4 is 5.48 Å². The number of sulfonamides is 1. The van der Waals surface area contributed by atoms with Gasteiger partial charge in [0.1, 0.15) is 0 Å². The van der Waals surface area contributed by atoms with Gasteiger partial charge in [-0.1, -0.05) is 84.9 Å². The Kier molecular flexibility index (Phi) is 9.62. The molecule has 0 saturated carbocycles. The molecule has 0 bridgehead atoms. The summed E-state index contributed by atoms with van der Waals surface area (Å²) in [6, 6.07) is 27.8. The van der Waals surface area contributed by atoms with Crippen LogP contribution in [0.5, 0.6) is 0 Å². The quantitative estimate of drug-likeness (QED) is 0.295. The first-order valence-electron chi connectivity index (χ1n) is 11.0. The Morgan fingerprint density at radius 3 is 2.12 bits per heavy atom. The van der Waals surface area contributed by atoms with Crippen molar-refractivity contribution in [1.82, 2.24) is 9.79 Å². The van der Waals surface area contributed by atoms with Gasteiger partial charge in [0, 0.05) is 13.1 Å². The van der Waals surface area contributed by atoms with E-state index in [9.17, 15) is 13.2 Å². The van der Waals surface area contributed by atoms with E-state index in [1.54, 1.807) is 4.31 Å². The van der Waals surface area contributed by atoms with Crippen LogP contribution in [-0.2, 0) is 45.6 Å². The smallest absolute Gasteiger partial charge is 0.230 e. The Balaban J connectivity index is 0.000000235. The highest BCUT2D eigenvalue weighted by Crippen LogP contribution is 2.21. The molecule has 4 rings (SSSR count). The molecule has 3 aromatic carbocycles. The van der Waals surface area contributed by atoms with Crippen molar-refractivity contribution in [2.24, 2.45) is 0 Å².